The van der Waals surface area contributed by atoms with Gasteiger partial charge in [0.2, 0.25) is 0 Å². The van der Waals surface area contributed by atoms with Gasteiger partial charge in [0.15, 0.2) is 0 Å². The summed E-state index contributed by atoms with van der Waals surface area (Å²) in [6.07, 6.45) is 0. The van der Waals surface area contributed by atoms with E-state index in [1.54, 1.807) is 29.2 Å². The predicted octanol–water partition coefficient (Wildman–Crippen LogP) is 2.67. The second-order valence-corrected chi connectivity index (χ2v) is 6.57. The fourth-order valence-electron chi connectivity index (χ4n) is 3.15. The Bertz CT molecular complexity index is 829. The number of Topliss-reactive ketones (excluding diaryl/α,β-unsaturated/α-hetero) is 1. The van der Waals surface area contributed by atoms with Crippen molar-refractivity contribution in [1.29, 1.82) is 0 Å². The van der Waals surface area contributed by atoms with E-state index < -0.39 is 17.7 Å². The number of rotatable bonds is 5. The molecule has 1 N–H and O–H groups in total. The number of hydrogen-bond acceptors (Lipinski definition) is 4. The van der Waals surface area contributed by atoms with Crippen LogP contribution in [0.25, 0.3) is 5.76 Å². The summed E-state index contributed by atoms with van der Waals surface area (Å²) in [5.41, 5.74) is 1.48. The maximum Gasteiger partial charge on any atom is 0.295 e. The van der Waals surface area contributed by atoms with Gasteiger partial charge in [0.25, 0.3) is 11.7 Å². The summed E-state index contributed by atoms with van der Waals surface area (Å²) < 4.78 is 0. The van der Waals surface area contributed by atoms with Gasteiger partial charge < -0.3 is 14.9 Å². The molecular weight excluding hydrogens is 328 g/mol. The minimum atomic E-state index is -0.640. The Labute approximate surface area is 153 Å². The molecule has 134 valence electrons. The highest BCUT2D eigenvalue weighted by Crippen LogP contribution is 2.38. The topological polar surface area (TPSA) is 60.9 Å². The van der Waals surface area contributed by atoms with Crippen molar-refractivity contribution in [3.8, 4) is 0 Å². The molecule has 1 aliphatic heterocycles. The van der Waals surface area contributed by atoms with E-state index in [2.05, 4.69) is 0 Å². The first-order valence-electron chi connectivity index (χ1n) is 8.54. The van der Waals surface area contributed by atoms with E-state index in [4.69, 9.17) is 0 Å². The molecule has 0 aromatic heterocycles. The molecule has 0 aliphatic carbocycles. The summed E-state index contributed by atoms with van der Waals surface area (Å²) >= 11 is 0. The van der Waals surface area contributed by atoms with Crippen LogP contribution in [0, 0.1) is 0 Å². The van der Waals surface area contributed by atoms with Crippen LogP contribution in [-0.2, 0) is 9.59 Å². The first-order valence-corrected chi connectivity index (χ1v) is 8.54. The first kappa shape index (κ1) is 17.9. The number of amides is 1. The summed E-state index contributed by atoms with van der Waals surface area (Å²) in [6, 6.07) is 17.6. The van der Waals surface area contributed by atoms with Crippen molar-refractivity contribution in [1.82, 2.24) is 9.80 Å². The third-order valence-electron chi connectivity index (χ3n) is 4.49. The quantitative estimate of drug-likeness (QED) is 0.512. The number of nitrogens with zero attached hydrogens (tertiary/aromatic N) is 2. The van der Waals surface area contributed by atoms with Gasteiger partial charge in [0.1, 0.15) is 5.76 Å². The molecule has 0 radical (unpaired) electrons. The molecule has 3 rings (SSSR count). The van der Waals surface area contributed by atoms with Gasteiger partial charge in [-0.2, -0.15) is 0 Å². The Kier molecular flexibility index (Phi) is 5.19. The lowest BCUT2D eigenvalue weighted by Crippen LogP contribution is -2.35. The smallest absolute Gasteiger partial charge is 0.295 e. The molecule has 2 aromatic rings. The normalized spacial score (nSPS) is 19.3. The van der Waals surface area contributed by atoms with Gasteiger partial charge in [0.05, 0.1) is 11.6 Å². The van der Waals surface area contributed by atoms with E-state index in [9.17, 15) is 14.7 Å². The molecule has 0 spiro atoms. The molecule has 26 heavy (non-hydrogen) atoms. The maximum absolute atomic E-state index is 12.7. The number of benzene rings is 2. The molecule has 1 saturated heterocycles. The Morgan fingerprint density at radius 2 is 1.58 bits per heavy atom. The Hall–Kier alpha value is -2.92. The van der Waals surface area contributed by atoms with Gasteiger partial charge in [0, 0.05) is 18.7 Å². The van der Waals surface area contributed by atoms with Gasteiger partial charge >= 0.3 is 0 Å². The van der Waals surface area contributed by atoms with Gasteiger partial charge in [-0.15, -0.1) is 0 Å². The van der Waals surface area contributed by atoms with Crippen LogP contribution in [-0.4, -0.2) is 53.8 Å². The minimum absolute atomic E-state index is 0.134. The number of likely N-dealkylation sites (tertiary alicyclic amines) is 1. The lowest BCUT2D eigenvalue weighted by molar-refractivity contribution is -0.140. The van der Waals surface area contributed by atoms with Crippen LogP contribution in [0.1, 0.15) is 17.2 Å². The standard InChI is InChI=1S/C21H22N2O3/c1-22(2)13-14-23-18(15-9-5-3-6-10-15)17(20(25)21(23)26)19(24)16-11-7-4-8-12-16/h3-12,18,24H,13-14H2,1-2H3/b19-17-. The molecule has 1 heterocycles. The summed E-state index contributed by atoms with van der Waals surface area (Å²) in [5.74, 6) is -1.35. The van der Waals surface area contributed by atoms with Crippen LogP contribution in [0.15, 0.2) is 66.2 Å². The van der Waals surface area contributed by atoms with Crippen molar-refractivity contribution < 1.29 is 14.7 Å². The average molecular weight is 350 g/mol. The third-order valence-corrected chi connectivity index (χ3v) is 4.49. The second-order valence-electron chi connectivity index (χ2n) is 6.57. The van der Waals surface area contributed by atoms with Crippen molar-refractivity contribution in [3.63, 3.8) is 0 Å². The van der Waals surface area contributed by atoms with E-state index in [-0.39, 0.29) is 11.3 Å². The molecule has 5 nitrogen and oxygen atoms in total. The Balaban J connectivity index is 2.12. The van der Waals surface area contributed by atoms with E-state index in [1.165, 1.54) is 0 Å². The van der Waals surface area contributed by atoms with E-state index in [0.29, 0.717) is 18.7 Å². The first-order chi connectivity index (χ1) is 12.5. The van der Waals surface area contributed by atoms with Crippen LogP contribution in [0.4, 0.5) is 0 Å². The van der Waals surface area contributed by atoms with Crippen LogP contribution in [0.5, 0.6) is 0 Å². The zero-order valence-corrected chi connectivity index (χ0v) is 14.9. The van der Waals surface area contributed by atoms with Gasteiger partial charge in [-0.3, -0.25) is 9.59 Å². The summed E-state index contributed by atoms with van der Waals surface area (Å²) in [7, 11) is 3.83. The molecule has 1 aliphatic rings. The Morgan fingerprint density at radius 3 is 2.15 bits per heavy atom. The van der Waals surface area contributed by atoms with Crippen LogP contribution in [0.3, 0.4) is 0 Å². The fraction of sp³-hybridized carbons (Fsp3) is 0.238. The third kappa shape index (κ3) is 3.39. The molecule has 5 heteroatoms. The highest BCUT2D eigenvalue weighted by atomic mass is 16.3. The number of aliphatic hydroxyl groups is 1. The van der Waals surface area contributed by atoms with Crippen LogP contribution < -0.4 is 0 Å². The van der Waals surface area contributed by atoms with Crippen LogP contribution in [0.2, 0.25) is 0 Å². The molecule has 1 amide bonds. The number of ketones is 1. The van der Waals surface area contributed by atoms with Gasteiger partial charge in [-0.25, -0.2) is 0 Å². The highest BCUT2D eigenvalue weighted by molar-refractivity contribution is 6.46. The monoisotopic (exact) mass is 350 g/mol. The van der Waals surface area contributed by atoms with Gasteiger partial charge in [-0.05, 0) is 19.7 Å². The largest absolute Gasteiger partial charge is 0.507 e. The lowest BCUT2D eigenvalue weighted by atomic mass is 9.95. The molecule has 1 fully saturated rings. The van der Waals surface area contributed by atoms with E-state index in [1.807, 2.05) is 55.4 Å². The number of likely N-dealkylation sites (N-methyl/N-ethyl adjacent to an activating group) is 1. The zero-order valence-electron chi connectivity index (χ0n) is 14.9. The lowest BCUT2D eigenvalue weighted by Gasteiger charge is -2.26. The maximum atomic E-state index is 12.7. The summed E-state index contributed by atoms with van der Waals surface area (Å²) in [6.45, 7) is 1.03. The molecule has 0 bridgehead atoms. The SMILES string of the molecule is CN(C)CCN1C(=O)C(=O)/C(=C(\O)c2ccccc2)C1c1ccccc1. The fourth-order valence-corrected chi connectivity index (χ4v) is 3.15. The second kappa shape index (κ2) is 7.54. The molecule has 1 unspecified atom stereocenters. The number of carbonyl (C=O) groups is 2. The minimum Gasteiger partial charge on any atom is -0.507 e. The molecule has 1 atom stereocenters. The number of hydrogen-bond donors (Lipinski definition) is 1. The van der Waals surface area contributed by atoms with Gasteiger partial charge in [-0.1, -0.05) is 60.7 Å². The van der Waals surface area contributed by atoms with Crippen molar-refractivity contribution in [2.75, 3.05) is 27.2 Å². The Morgan fingerprint density at radius 1 is 1.00 bits per heavy atom. The average Bonchev–Trinajstić information content (AvgIpc) is 2.91. The van der Waals surface area contributed by atoms with Crippen molar-refractivity contribution in [2.24, 2.45) is 0 Å². The summed E-state index contributed by atoms with van der Waals surface area (Å²) in [5, 5.41) is 10.8. The van der Waals surface area contributed by atoms with Crippen molar-refractivity contribution in [3.05, 3.63) is 77.4 Å². The van der Waals surface area contributed by atoms with E-state index in [0.717, 1.165) is 5.56 Å². The highest BCUT2D eigenvalue weighted by Gasteiger charge is 2.45. The zero-order chi connectivity index (χ0) is 18.7. The predicted molar refractivity (Wildman–Crippen MR) is 100 cm³/mol. The molecule has 0 saturated carbocycles. The van der Waals surface area contributed by atoms with Crippen LogP contribution >= 0.6 is 0 Å². The van der Waals surface area contributed by atoms with Crippen molar-refractivity contribution >= 4 is 17.4 Å². The number of aliphatic hydroxyl groups excluding tert-OH is 1. The van der Waals surface area contributed by atoms with Crippen molar-refractivity contribution in [2.45, 2.75) is 6.04 Å². The molecule has 2 aromatic carbocycles. The summed E-state index contributed by atoms with van der Waals surface area (Å²) in [4.78, 5) is 28.9. The van der Waals surface area contributed by atoms with E-state index >= 15 is 0 Å². The molecular formula is C21H22N2O3. The number of carbonyl (C=O) groups excluding carboxylic acids is 2.